The second kappa shape index (κ2) is 6.17. The predicted molar refractivity (Wildman–Crippen MR) is 74.8 cm³/mol. The van der Waals surface area contributed by atoms with Crippen LogP contribution in [0, 0.1) is 0 Å². The van der Waals surface area contributed by atoms with E-state index in [0.29, 0.717) is 19.7 Å². The van der Waals surface area contributed by atoms with E-state index in [9.17, 15) is 4.79 Å². The smallest absolute Gasteiger partial charge is 0.327 e. The highest BCUT2D eigenvalue weighted by molar-refractivity contribution is 5.81. The van der Waals surface area contributed by atoms with Crippen molar-refractivity contribution in [3.63, 3.8) is 0 Å². The monoisotopic (exact) mass is 262 g/mol. The van der Waals surface area contributed by atoms with Crippen molar-refractivity contribution in [3.8, 4) is 0 Å². The van der Waals surface area contributed by atoms with Gasteiger partial charge in [0.2, 0.25) is 0 Å². The van der Waals surface area contributed by atoms with Crippen molar-refractivity contribution in [3.05, 3.63) is 35.9 Å². The van der Waals surface area contributed by atoms with E-state index in [0.717, 1.165) is 13.0 Å². The summed E-state index contributed by atoms with van der Waals surface area (Å²) in [5.74, 6) is -0.129. The Labute approximate surface area is 114 Å². The Hall–Kier alpha value is -1.39. The first-order chi connectivity index (χ1) is 9.16. The third-order valence-electron chi connectivity index (χ3n) is 3.60. The molecular weight excluding hydrogens is 240 g/mol. The molecule has 1 N–H and O–H groups in total. The molecule has 104 valence electrons. The molecule has 1 fully saturated rings. The van der Waals surface area contributed by atoms with Crippen LogP contribution in [-0.4, -0.2) is 43.2 Å². The summed E-state index contributed by atoms with van der Waals surface area (Å²) < 4.78 is 5.24. The molecule has 4 nitrogen and oxygen atoms in total. The minimum atomic E-state index is -0.555. The maximum absolute atomic E-state index is 12.2. The quantitative estimate of drug-likeness (QED) is 0.815. The third-order valence-corrected chi connectivity index (χ3v) is 3.60. The number of esters is 1. The molecular formula is C15H22N2O2. The molecule has 0 saturated carbocycles. The van der Waals surface area contributed by atoms with Crippen molar-refractivity contribution in [2.24, 2.45) is 0 Å². The fraction of sp³-hybridized carbons (Fsp3) is 0.533. The molecule has 1 aromatic rings. The molecule has 1 unspecified atom stereocenters. The van der Waals surface area contributed by atoms with Gasteiger partial charge >= 0.3 is 5.97 Å². The third kappa shape index (κ3) is 3.33. The highest BCUT2D eigenvalue weighted by Crippen LogP contribution is 2.22. The molecule has 1 heterocycles. The number of benzene rings is 1. The molecule has 4 heteroatoms. The van der Waals surface area contributed by atoms with Gasteiger partial charge in [-0.05, 0) is 26.0 Å². The molecule has 0 bridgehead atoms. The highest BCUT2D eigenvalue weighted by atomic mass is 16.5. The van der Waals surface area contributed by atoms with E-state index in [1.807, 2.05) is 32.2 Å². The number of carbonyl (C=O) groups is 1. The molecule has 0 spiro atoms. The van der Waals surface area contributed by atoms with Gasteiger partial charge in [-0.3, -0.25) is 5.32 Å². The Bertz CT molecular complexity index is 421. The first kappa shape index (κ1) is 14.0. The lowest BCUT2D eigenvalue weighted by Gasteiger charge is -2.28. The summed E-state index contributed by atoms with van der Waals surface area (Å²) in [7, 11) is 2.03. The number of likely N-dealkylation sites (tertiary alicyclic amines) is 1. The van der Waals surface area contributed by atoms with Crippen LogP contribution in [0.15, 0.2) is 30.3 Å². The van der Waals surface area contributed by atoms with Crippen molar-refractivity contribution in [2.75, 3.05) is 26.7 Å². The van der Waals surface area contributed by atoms with Crippen LogP contribution in [0.4, 0.5) is 0 Å². The molecule has 1 aliphatic rings. The molecule has 0 amide bonds. The summed E-state index contributed by atoms with van der Waals surface area (Å²) in [6.07, 6.45) is 0.801. The Kier molecular flexibility index (Phi) is 4.56. The molecule has 19 heavy (non-hydrogen) atoms. The Morgan fingerprint density at radius 2 is 2.16 bits per heavy atom. The van der Waals surface area contributed by atoms with Crippen LogP contribution in [-0.2, 0) is 16.1 Å². The first-order valence-electron chi connectivity index (χ1n) is 6.81. The number of likely N-dealkylation sites (N-methyl/N-ethyl adjacent to an activating group) is 1. The van der Waals surface area contributed by atoms with Crippen LogP contribution in [0.3, 0.4) is 0 Å². The standard InChI is InChI=1S/C15H22N2O2/c1-3-19-14(18)15(9-10-17(2)12-15)16-11-13-7-5-4-6-8-13/h4-8,16H,3,9-12H2,1-2H3. The van der Waals surface area contributed by atoms with Gasteiger partial charge in [-0.25, -0.2) is 4.79 Å². The van der Waals surface area contributed by atoms with E-state index in [2.05, 4.69) is 22.3 Å². The molecule has 0 aromatic heterocycles. The summed E-state index contributed by atoms with van der Waals surface area (Å²) in [6.45, 7) is 4.59. The lowest BCUT2D eigenvalue weighted by Crippen LogP contribution is -2.54. The van der Waals surface area contributed by atoms with Gasteiger partial charge in [0.25, 0.3) is 0 Å². The molecule has 1 aliphatic heterocycles. The summed E-state index contributed by atoms with van der Waals surface area (Å²) in [4.78, 5) is 14.4. The second-order valence-corrected chi connectivity index (χ2v) is 5.13. The van der Waals surface area contributed by atoms with Crippen molar-refractivity contribution < 1.29 is 9.53 Å². The lowest BCUT2D eigenvalue weighted by molar-refractivity contribution is -0.150. The second-order valence-electron chi connectivity index (χ2n) is 5.13. The lowest BCUT2D eigenvalue weighted by atomic mass is 9.98. The largest absolute Gasteiger partial charge is 0.465 e. The van der Waals surface area contributed by atoms with Gasteiger partial charge in [-0.15, -0.1) is 0 Å². The minimum absolute atomic E-state index is 0.129. The SMILES string of the molecule is CCOC(=O)C1(NCc2ccccc2)CCN(C)C1. The molecule has 1 aromatic carbocycles. The zero-order valence-corrected chi connectivity index (χ0v) is 11.7. The number of nitrogens with zero attached hydrogens (tertiary/aromatic N) is 1. The minimum Gasteiger partial charge on any atom is -0.465 e. The average Bonchev–Trinajstić information content (AvgIpc) is 2.81. The van der Waals surface area contributed by atoms with Gasteiger partial charge in [0, 0.05) is 19.6 Å². The Morgan fingerprint density at radius 1 is 1.42 bits per heavy atom. The topological polar surface area (TPSA) is 41.6 Å². The van der Waals surface area contributed by atoms with E-state index in [4.69, 9.17) is 4.74 Å². The van der Waals surface area contributed by atoms with Crippen LogP contribution >= 0.6 is 0 Å². The van der Waals surface area contributed by atoms with Crippen molar-refractivity contribution in [2.45, 2.75) is 25.4 Å². The van der Waals surface area contributed by atoms with Gasteiger partial charge in [0.05, 0.1) is 6.61 Å². The fourth-order valence-corrected chi connectivity index (χ4v) is 2.52. The molecule has 1 saturated heterocycles. The zero-order valence-electron chi connectivity index (χ0n) is 11.7. The molecule has 0 radical (unpaired) electrons. The van der Waals surface area contributed by atoms with Crippen LogP contribution in [0.2, 0.25) is 0 Å². The van der Waals surface area contributed by atoms with E-state index < -0.39 is 5.54 Å². The van der Waals surface area contributed by atoms with Gasteiger partial charge in [0.15, 0.2) is 0 Å². The van der Waals surface area contributed by atoms with Gasteiger partial charge in [-0.2, -0.15) is 0 Å². The maximum atomic E-state index is 12.2. The maximum Gasteiger partial charge on any atom is 0.327 e. The van der Waals surface area contributed by atoms with E-state index >= 15 is 0 Å². The fourth-order valence-electron chi connectivity index (χ4n) is 2.52. The number of rotatable bonds is 5. The Balaban J connectivity index is 2.04. The van der Waals surface area contributed by atoms with E-state index in [-0.39, 0.29) is 5.97 Å². The van der Waals surface area contributed by atoms with Crippen LogP contribution < -0.4 is 5.32 Å². The molecule has 0 aliphatic carbocycles. The molecule has 2 rings (SSSR count). The summed E-state index contributed by atoms with van der Waals surface area (Å²) in [5.41, 5.74) is 0.626. The highest BCUT2D eigenvalue weighted by Gasteiger charge is 2.44. The van der Waals surface area contributed by atoms with E-state index in [1.165, 1.54) is 5.56 Å². The number of nitrogens with one attached hydrogen (secondary N) is 1. The van der Waals surface area contributed by atoms with Crippen LogP contribution in [0.25, 0.3) is 0 Å². The number of ether oxygens (including phenoxy) is 1. The number of carbonyl (C=O) groups excluding carboxylic acids is 1. The predicted octanol–water partition coefficient (Wildman–Crippen LogP) is 1.41. The van der Waals surface area contributed by atoms with Crippen LogP contribution in [0.5, 0.6) is 0 Å². The average molecular weight is 262 g/mol. The first-order valence-corrected chi connectivity index (χ1v) is 6.81. The summed E-state index contributed by atoms with van der Waals surface area (Å²) in [5, 5.41) is 3.41. The van der Waals surface area contributed by atoms with Crippen molar-refractivity contribution in [1.29, 1.82) is 0 Å². The normalized spacial score (nSPS) is 23.5. The van der Waals surface area contributed by atoms with Gasteiger partial charge < -0.3 is 9.64 Å². The van der Waals surface area contributed by atoms with Crippen LogP contribution in [0.1, 0.15) is 18.9 Å². The van der Waals surface area contributed by atoms with Gasteiger partial charge in [0.1, 0.15) is 5.54 Å². The summed E-state index contributed by atoms with van der Waals surface area (Å²) in [6, 6.07) is 10.1. The van der Waals surface area contributed by atoms with E-state index in [1.54, 1.807) is 0 Å². The van der Waals surface area contributed by atoms with Crippen molar-refractivity contribution >= 4 is 5.97 Å². The van der Waals surface area contributed by atoms with Crippen molar-refractivity contribution in [1.82, 2.24) is 10.2 Å². The Morgan fingerprint density at radius 3 is 2.74 bits per heavy atom. The van der Waals surface area contributed by atoms with Gasteiger partial charge in [-0.1, -0.05) is 30.3 Å². The number of hydrogen-bond donors (Lipinski definition) is 1. The summed E-state index contributed by atoms with van der Waals surface area (Å²) >= 11 is 0. The zero-order chi connectivity index (χ0) is 13.7. The molecule has 1 atom stereocenters. The number of hydrogen-bond acceptors (Lipinski definition) is 4.